The summed E-state index contributed by atoms with van der Waals surface area (Å²) < 4.78 is 4.63. The van der Waals surface area contributed by atoms with Crippen LogP contribution in [0.4, 0.5) is 5.82 Å². The number of methoxy groups -OCH3 is 1. The first-order chi connectivity index (χ1) is 8.63. The highest BCUT2D eigenvalue weighted by Gasteiger charge is 2.37. The molecule has 1 aliphatic carbocycles. The van der Waals surface area contributed by atoms with E-state index in [0.717, 1.165) is 12.8 Å². The Morgan fingerprint density at radius 3 is 2.83 bits per heavy atom. The highest BCUT2D eigenvalue weighted by atomic mass is 16.5. The number of carbonyl (C=O) groups excluding carboxylic acids is 1. The monoisotopic (exact) mass is 250 g/mol. The molecule has 0 bridgehead atoms. The molecule has 0 spiro atoms. The van der Waals surface area contributed by atoms with Crippen LogP contribution in [0.2, 0.25) is 0 Å². The van der Waals surface area contributed by atoms with E-state index in [2.05, 4.69) is 15.0 Å². The molecule has 2 N–H and O–H groups in total. The van der Waals surface area contributed by atoms with Gasteiger partial charge in [0.25, 0.3) is 0 Å². The Bertz CT molecular complexity index is 471. The molecular weight excluding hydrogens is 236 g/mol. The van der Waals surface area contributed by atoms with Gasteiger partial charge in [0.15, 0.2) is 0 Å². The van der Waals surface area contributed by atoms with Gasteiger partial charge in [0.05, 0.1) is 7.11 Å². The molecule has 96 valence electrons. The Hall–Kier alpha value is -2.11. The number of anilines is 1. The first kappa shape index (κ1) is 12.3. The van der Waals surface area contributed by atoms with Crippen LogP contribution < -0.4 is 5.32 Å². The Morgan fingerprint density at radius 2 is 2.28 bits per heavy atom. The molecule has 1 fully saturated rings. The number of esters is 1. The Morgan fingerprint density at radius 1 is 1.56 bits per heavy atom. The van der Waals surface area contributed by atoms with Crippen molar-refractivity contribution < 1.29 is 19.4 Å². The number of hydrogen-bond donors (Lipinski definition) is 2. The average Bonchev–Trinajstić information content (AvgIpc) is 3.19. The lowest BCUT2D eigenvalue weighted by Gasteiger charge is -2.15. The minimum Gasteiger partial charge on any atom is -0.480 e. The van der Waals surface area contributed by atoms with Crippen LogP contribution in [0.15, 0.2) is 18.3 Å². The molecule has 2 rings (SSSR count). The summed E-state index contributed by atoms with van der Waals surface area (Å²) in [5.41, 5.74) is 0.242. The number of hydrogen-bond acceptors (Lipinski definition) is 5. The molecule has 0 saturated heterocycles. The lowest BCUT2D eigenvalue weighted by atomic mass is 10.1. The quantitative estimate of drug-likeness (QED) is 0.762. The van der Waals surface area contributed by atoms with Gasteiger partial charge in [-0.15, -0.1) is 0 Å². The van der Waals surface area contributed by atoms with E-state index in [9.17, 15) is 9.59 Å². The van der Waals surface area contributed by atoms with Crippen molar-refractivity contribution in [2.45, 2.75) is 18.9 Å². The fraction of sp³-hybridized carbons (Fsp3) is 0.417. The number of aliphatic carboxylic acids is 1. The van der Waals surface area contributed by atoms with Crippen molar-refractivity contribution in [1.29, 1.82) is 0 Å². The minimum absolute atomic E-state index is 0.106. The molecule has 1 unspecified atom stereocenters. The smallest absolute Gasteiger partial charge is 0.341 e. The summed E-state index contributed by atoms with van der Waals surface area (Å²) in [5.74, 6) is -1.11. The summed E-state index contributed by atoms with van der Waals surface area (Å²) in [7, 11) is 1.27. The normalized spacial score (nSPS) is 15.8. The van der Waals surface area contributed by atoms with Crippen LogP contribution in [0.25, 0.3) is 0 Å². The second-order valence-corrected chi connectivity index (χ2v) is 4.19. The van der Waals surface area contributed by atoms with Gasteiger partial charge in [0.2, 0.25) is 0 Å². The summed E-state index contributed by atoms with van der Waals surface area (Å²) in [6.07, 6.45) is 3.26. The predicted molar refractivity (Wildman–Crippen MR) is 63.3 cm³/mol. The van der Waals surface area contributed by atoms with E-state index in [0.29, 0.717) is 0 Å². The van der Waals surface area contributed by atoms with Gasteiger partial charge in [-0.05, 0) is 30.9 Å². The van der Waals surface area contributed by atoms with Crippen LogP contribution in [0.5, 0.6) is 0 Å². The summed E-state index contributed by atoms with van der Waals surface area (Å²) >= 11 is 0. The SMILES string of the molecule is COC(=O)c1cccnc1NC(C(=O)O)C1CC1. The largest absolute Gasteiger partial charge is 0.480 e. The molecule has 6 nitrogen and oxygen atoms in total. The third kappa shape index (κ3) is 2.58. The molecule has 1 atom stereocenters. The van der Waals surface area contributed by atoms with Gasteiger partial charge in [-0.1, -0.05) is 0 Å². The van der Waals surface area contributed by atoms with Crippen LogP contribution in [0.1, 0.15) is 23.2 Å². The zero-order valence-corrected chi connectivity index (χ0v) is 9.92. The van der Waals surface area contributed by atoms with Crippen molar-refractivity contribution in [3.05, 3.63) is 23.9 Å². The number of aromatic nitrogens is 1. The van der Waals surface area contributed by atoms with E-state index < -0.39 is 18.0 Å². The van der Waals surface area contributed by atoms with Crippen molar-refractivity contribution in [2.75, 3.05) is 12.4 Å². The molecule has 0 amide bonds. The van der Waals surface area contributed by atoms with E-state index in [1.54, 1.807) is 12.1 Å². The number of carbonyl (C=O) groups is 2. The molecule has 1 saturated carbocycles. The van der Waals surface area contributed by atoms with E-state index in [1.807, 2.05) is 0 Å². The molecule has 1 aromatic heterocycles. The Labute approximate surface area is 104 Å². The van der Waals surface area contributed by atoms with Crippen LogP contribution in [0.3, 0.4) is 0 Å². The lowest BCUT2D eigenvalue weighted by Crippen LogP contribution is -2.32. The lowest BCUT2D eigenvalue weighted by molar-refractivity contribution is -0.138. The number of rotatable bonds is 5. The average molecular weight is 250 g/mol. The maximum Gasteiger partial charge on any atom is 0.341 e. The number of pyridine rings is 1. The third-order valence-corrected chi connectivity index (χ3v) is 2.86. The summed E-state index contributed by atoms with van der Waals surface area (Å²) in [4.78, 5) is 26.7. The molecule has 1 aliphatic rings. The van der Waals surface area contributed by atoms with E-state index >= 15 is 0 Å². The van der Waals surface area contributed by atoms with Crippen LogP contribution in [0, 0.1) is 5.92 Å². The second-order valence-electron chi connectivity index (χ2n) is 4.19. The molecule has 1 heterocycles. The summed E-state index contributed by atoms with van der Waals surface area (Å²) in [5, 5.41) is 11.9. The van der Waals surface area contributed by atoms with Gasteiger partial charge in [0, 0.05) is 6.20 Å². The third-order valence-electron chi connectivity index (χ3n) is 2.86. The number of nitrogens with zero attached hydrogens (tertiary/aromatic N) is 1. The minimum atomic E-state index is -0.932. The second kappa shape index (κ2) is 5.03. The maximum atomic E-state index is 11.5. The fourth-order valence-electron chi connectivity index (χ4n) is 1.75. The molecule has 0 aliphatic heterocycles. The number of carboxylic acids is 1. The maximum absolute atomic E-state index is 11.5. The molecule has 18 heavy (non-hydrogen) atoms. The zero-order valence-electron chi connectivity index (χ0n) is 9.92. The number of carboxylic acid groups (broad SMARTS) is 1. The topological polar surface area (TPSA) is 88.5 Å². The van der Waals surface area contributed by atoms with Gasteiger partial charge in [0.1, 0.15) is 17.4 Å². The van der Waals surface area contributed by atoms with Crippen molar-refractivity contribution >= 4 is 17.8 Å². The molecular formula is C12H14N2O4. The van der Waals surface area contributed by atoms with Gasteiger partial charge >= 0.3 is 11.9 Å². The van der Waals surface area contributed by atoms with Crippen LogP contribution >= 0.6 is 0 Å². The highest BCUT2D eigenvalue weighted by molar-refractivity contribution is 5.95. The standard InChI is InChI=1S/C12H14N2O4/c1-18-12(17)8-3-2-6-13-10(8)14-9(11(15)16)7-4-5-7/h2-3,6-7,9H,4-5H2,1H3,(H,13,14)(H,15,16). The number of nitrogens with one attached hydrogen (secondary N) is 1. The van der Waals surface area contributed by atoms with Crippen molar-refractivity contribution in [2.24, 2.45) is 5.92 Å². The molecule has 0 radical (unpaired) electrons. The van der Waals surface area contributed by atoms with Gasteiger partial charge in [-0.3, -0.25) is 0 Å². The van der Waals surface area contributed by atoms with Gasteiger partial charge in [-0.2, -0.15) is 0 Å². The Kier molecular flexibility index (Phi) is 3.45. The fourth-order valence-corrected chi connectivity index (χ4v) is 1.75. The number of ether oxygens (including phenoxy) is 1. The first-order valence-corrected chi connectivity index (χ1v) is 5.66. The Balaban J connectivity index is 2.22. The van der Waals surface area contributed by atoms with E-state index in [4.69, 9.17) is 5.11 Å². The van der Waals surface area contributed by atoms with E-state index in [-0.39, 0.29) is 17.3 Å². The first-order valence-electron chi connectivity index (χ1n) is 5.66. The van der Waals surface area contributed by atoms with Gasteiger partial charge in [-0.25, -0.2) is 14.6 Å². The van der Waals surface area contributed by atoms with Gasteiger partial charge < -0.3 is 15.2 Å². The highest BCUT2D eigenvalue weighted by Crippen LogP contribution is 2.34. The molecule has 1 aromatic rings. The summed E-state index contributed by atoms with van der Waals surface area (Å²) in [6.45, 7) is 0. The predicted octanol–water partition coefficient (Wildman–Crippen LogP) is 1.14. The van der Waals surface area contributed by atoms with Crippen LogP contribution in [-0.2, 0) is 9.53 Å². The zero-order chi connectivity index (χ0) is 13.1. The summed E-state index contributed by atoms with van der Waals surface area (Å²) in [6, 6.07) is 2.44. The van der Waals surface area contributed by atoms with Crippen molar-refractivity contribution in [1.82, 2.24) is 4.98 Å². The molecule has 0 aromatic carbocycles. The molecule has 6 heteroatoms. The van der Waals surface area contributed by atoms with Crippen molar-refractivity contribution in [3.63, 3.8) is 0 Å². The van der Waals surface area contributed by atoms with Crippen molar-refractivity contribution in [3.8, 4) is 0 Å². The van der Waals surface area contributed by atoms with Crippen LogP contribution in [-0.4, -0.2) is 35.2 Å². The van der Waals surface area contributed by atoms with E-state index in [1.165, 1.54) is 13.3 Å².